The number of hydrogen-bond donors (Lipinski definition) is 1. The number of sulfonamides is 1. The summed E-state index contributed by atoms with van der Waals surface area (Å²) in [6.07, 6.45) is 7.25. The van der Waals surface area contributed by atoms with E-state index in [1.807, 2.05) is 18.2 Å². The van der Waals surface area contributed by atoms with Crippen molar-refractivity contribution in [1.29, 1.82) is 0 Å². The molecule has 1 N–H and O–H groups in total. The molecule has 0 radical (unpaired) electrons. The molecule has 1 saturated carbocycles. The van der Waals surface area contributed by atoms with Gasteiger partial charge >= 0.3 is 0 Å². The van der Waals surface area contributed by atoms with E-state index in [-0.39, 0.29) is 0 Å². The highest BCUT2D eigenvalue weighted by atomic mass is 32.2. The molecule has 19 heavy (non-hydrogen) atoms. The van der Waals surface area contributed by atoms with Gasteiger partial charge in [-0.1, -0.05) is 12.2 Å². The number of nitrogens with zero attached hydrogens (tertiary/aromatic N) is 1. The van der Waals surface area contributed by atoms with Crippen LogP contribution in [0.3, 0.4) is 0 Å². The maximum Gasteiger partial charge on any atom is 0.244 e. The molecule has 1 aromatic heterocycles. The highest BCUT2D eigenvalue weighted by Gasteiger charge is 2.26. The van der Waals surface area contributed by atoms with Gasteiger partial charge in [0.15, 0.2) is 0 Å². The molecule has 0 unspecified atom stereocenters. The topological polar surface area (TPSA) is 49.4 Å². The molecule has 6 heteroatoms. The molecular formula is C13H18N2O2S2. The van der Waals surface area contributed by atoms with Crippen LogP contribution in [-0.2, 0) is 16.6 Å². The third-order valence-electron chi connectivity index (χ3n) is 3.43. The lowest BCUT2D eigenvalue weighted by atomic mass is 10.3. The highest BCUT2D eigenvalue weighted by molar-refractivity contribution is 7.89. The Morgan fingerprint density at radius 1 is 1.37 bits per heavy atom. The third kappa shape index (κ3) is 3.08. The van der Waals surface area contributed by atoms with Crippen LogP contribution in [0.15, 0.2) is 28.5 Å². The summed E-state index contributed by atoms with van der Waals surface area (Å²) in [5.41, 5.74) is 0. The molecular weight excluding hydrogens is 280 g/mol. The molecule has 0 aromatic carbocycles. The van der Waals surface area contributed by atoms with Crippen LogP contribution < -0.4 is 5.32 Å². The fourth-order valence-corrected chi connectivity index (χ4v) is 4.73. The molecule has 1 fully saturated rings. The molecule has 0 amide bonds. The average molecular weight is 298 g/mol. The fourth-order valence-electron chi connectivity index (χ4n) is 2.11. The molecule has 1 aliphatic carbocycles. The SMILES string of the molecule is O=S(=O)(c1csc(CNC2CC2)c1)N1CC=CCC1. The van der Waals surface area contributed by atoms with Crippen molar-refractivity contribution in [2.75, 3.05) is 13.1 Å². The zero-order valence-electron chi connectivity index (χ0n) is 10.7. The number of hydrogen-bond acceptors (Lipinski definition) is 4. The third-order valence-corrected chi connectivity index (χ3v) is 6.36. The van der Waals surface area contributed by atoms with Gasteiger partial charge in [0.05, 0.1) is 4.90 Å². The zero-order valence-corrected chi connectivity index (χ0v) is 12.3. The second-order valence-corrected chi connectivity index (χ2v) is 7.96. The first-order valence-electron chi connectivity index (χ1n) is 6.62. The Hall–Kier alpha value is -0.690. The summed E-state index contributed by atoms with van der Waals surface area (Å²) in [4.78, 5) is 1.54. The molecule has 1 aromatic rings. The first-order valence-corrected chi connectivity index (χ1v) is 8.94. The molecule has 0 bridgehead atoms. The summed E-state index contributed by atoms with van der Waals surface area (Å²) < 4.78 is 26.4. The summed E-state index contributed by atoms with van der Waals surface area (Å²) in [5, 5.41) is 5.17. The van der Waals surface area contributed by atoms with Crippen LogP contribution >= 0.6 is 11.3 Å². The van der Waals surface area contributed by atoms with E-state index in [0.29, 0.717) is 24.0 Å². The van der Waals surface area contributed by atoms with E-state index in [9.17, 15) is 8.42 Å². The van der Waals surface area contributed by atoms with Gasteiger partial charge in [-0.05, 0) is 25.3 Å². The van der Waals surface area contributed by atoms with E-state index in [0.717, 1.165) is 17.8 Å². The van der Waals surface area contributed by atoms with Crippen LogP contribution in [0.5, 0.6) is 0 Å². The van der Waals surface area contributed by atoms with Gasteiger partial charge in [-0.3, -0.25) is 0 Å². The molecule has 0 spiro atoms. The molecule has 3 rings (SSSR count). The fraction of sp³-hybridized carbons (Fsp3) is 0.538. The predicted molar refractivity (Wildman–Crippen MR) is 76.7 cm³/mol. The summed E-state index contributed by atoms with van der Waals surface area (Å²) >= 11 is 1.52. The second kappa shape index (κ2) is 5.36. The van der Waals surface area contributed by atoms with Crippen LogP contribution in [0, 0.1) is 0 Å². The lowest BCUT2D eigenvalue weighted by molar-refractivity contribution is 0.438. The minimum absolute atomic E-state index is 0.445. The molecule has 0 atom stereocenters. The van der Waals surface area contributed by atoms with E-state index >= 15 is 0 Å². The Morgan fingerprint density at radius 3 is 2.89 bits per heavy atom. The Balaban J connectivity index is 1.71. The Kier molecular flexibility index (Phi) is 3.75. The standard InChI is InChI=1S/C13H18N2O2S2/c16-19(17,15-6-2-1-3-7-15)13-8-12(18-10-13)9-14-11-4-5-11/h1-2,8,10-11,14H,3-7,9H2. The molecule has 0 saturated heterocycles. The number of rotatable bonds is 5. The van der Waals surface area contributed by atoms with Crippen LogP contribution in [0.4, 0.5) is 0 Å². The summed E-state index contributed by atoms with van der Waals surface area (Å²) in [6, 6.07) is 2.46. The van der Waals surface area contributed by atoms with Gasteiger partial charge < -0.3 is 5.32 Å². The maximum absolute atomic E-state index is 12.4. The van der Waals surface area contributed by atoms with Gasteiger partial charge in [0.2, 0.25) is 10.0 Å². The van der Waals surface area contributed by atoms with Crippen molar-refractivity contribution < 1.29 is 8.42 Å². The monoisotopic (exact) mass is 298 g/mol. The van der Waals surface area contributed by atoms with Crippen LogP contribution in [0.2, 0.25) is 0 Å². The van der Waals surface area contributed by atoms with Crippen LogP contribution in [0.25, 0.3) is 0 Å². The van der Waals surface area contributed by atoms with Crippen molar-refractivity contribution in [3.8, 4) is 0 Å². The average Bonchev–Trinajstić information content (AvgIpc) is 3.13. The van der Waals surface area contributed by atoms with Crippen molar-refractivity contribution in [2.24, 2.45) is 0 Å². The van der Waals surface area contributed by atoms with E-state index in [2.05, 4.69) is 5.32 Å². The first-order chi connectivity index (χ1) is 9.16. The maximum atomic E-state index is 12.4. The minimum Gasteiger partial charge on any atom is -0.309 e. The second-order valence-electron chi connectivity index (χ2n) is 5.03. The van der Waals surface area contributed by atoms with Gasteiger partial charge in [0, 0.05) is 35.9 Å². The van der Waals surface area contributed by atoms with Crippen molar-refractivity contribution in [1.82, 2.24) is 9.62 Å². The quantitative estimate of drug-likeness (QED) is 0.845. The van der Waals surface area contributed by atoms with Gasteiger partial charge in [0.1, 0.15) is 0 Å². The molecule has 1 aliphatic heterocycles. The van der Waals surface area contributed by atoms with Crippen LogP contribution in [-0.4, -0.2) is 31.9 Å². The number of thiophene rings is 1. The summed E-state index contributed by atoms with van der Waals surface area (Å²) in [5.74, 6) is 0. The Labute approximate surface area is 118 Å². The molecule has 2 heterocycles. The zero-order chi connectivity index (χ0) is 13.3. The van der Waals surface area contributed by atoms with Gasteiger partial charge in [0.25, 0.3) is 0 Å². The lowest BCUT2D eigenvalue weighted by Crippen LogP contribution is -2.33. The van der Waals surface area contributed by atoms with Crippen molar-refractivity contribution in [2.45, 2.75) is 36.7 Å². The van der Waals surface area contributed by atoms with E-state index in [1.54, 1.807) is 9.69 Å². The normalized spacial score (nSPS) is 20.8. The van der Waals surface area contributed by atoms with Gasteiger partial charge in [-0.25, -0.2) is 8.42 Å². The van der Waals surface area contributed by atoms with Crippen molar-refractivity contribution >= 4 is 21.4 Å². The molecule has 2 aliphatic rings. The smallest absolute Gasteiger partial charge is 0.244 e. The van der Waals surface area contributed by atoms with E-state index in [4.69, 9.17) is 0 Å². The molecule has 104 valence electrons. The van der Waals surface area contributed by atoms with E-state index < -0.39 is 10.0 Å². The minimum atomic E-state index is -3.30. The molecule has 4 nitrogen and oxygen atoms in total. The largest absolute Gasteiger partial charge is 0.309 e. The van der Waals surface area contributed by atoms with Gasteiger partial charge in [-0.15, -0.1) is 11.3 Å². The predicted octanol–water partition coefficient (Wildman–Crippen LogP) is 1.95. The highest BCUT2D eigenvalue weighted by Crippen LogP contribution is 2.25. The van der Waals surface area contributed by atoms with Crippen LogP contribution in [0.1, 0.15) is 24.1 Å². The van der Waals surface area contributed by atoms with Crippen molar-refractivity contribution in [3.05, 3.63) is 28.5 Å². The Bertz CT molecular complexity index is 573. The summed E-state index contributed by atoms with van der Waals surface area (Å²) in [6.45, 7) is 1.86. The number of nitrogens with one attached hydrogen (secondary N) is 1. The summed E-state index contributed by atoms with van der Waals surface area (Å²) in [7, 11) is -3.30. The Morgan fingerprint density at radius 2 is 2.21 bits per heavy atom. The van der Waals surface area contributed by atoms with Gasteiger partial charge in [-0.2, -0.15) is 4.31 Å². The first kappa shape index (κ1) is 13.3. The van der Waals surface area contributed by atoms with Crippen molar-refractivity contribution in [3.63, 3.8) is 0 Å². The van der Waals surface area contributed by atoms with E-state index in [1.165, 1.54) is 24.2 Å². The lowest BCUT2D eigenvalue weighted by Gasteiger charge is -2.21.